The van der Waals surface area contributed by atoms with Crippen LogP contribution in [0.3, 0.4) is 0 Å². The first-order valence-electron chi connectivity index (χ1n) is 6.98. The minimum Gasteiger partial charge on any atom is -0.334 e. The summed E-state index contributed by atoms with van der Waals surface area (Å²) < 4.78 is 1.99. The Morgan fingerprint density at radius 2 is 2.26 bits per heavy atom. The molecule has 2 fully saturated rings. The minimum absolute atomic E-state index is 0.115. The van der Waals surface area contributed by atoms with E-state index in [-0.39, 0.29) is 5.91 Å². The average molecular weight is 255 g/mol. The first-order valence-corrected chi connectivity index (χ1v) is 6.98. The zero-order valence-corrected chi connectivity index (χ0v) is 11.0. The van der Waals surface area contributed by atoms with E-state index in [1.54, 1.807) is 0 Å². The van der Waals surface area contributed by atoms with Gasteiger partial charge in [0.2, 0.25) is 0 Å². The average Bonchev–Trinajstić information content (AvgIpc) is 3.13. The number of carbonyl (C=O) groups is 1. The van der Waals surface area contributed by atoms with Crippen LogP contribution < -0.4 is 0 Å². The lowest BCUT2D eigenvalue weighted by molar-refractivity contribution is 0.0700. The molecule has 0 spiro atoms. The number of likely N-dealkylation sites (tertiary alicyclic amines) is 1. The van der Waals surface area contributed by atoms with Crippen LogP contribution in [0.4, 0.5) is 0 Å². The van der Waals surface area contributed by atoms with Crippen molar-refractivity contribution in [3.8, 4) is 0 Å². The lowest BCUT2D eigenvalue weighted by Gasteiger charge is -2.26. The van der Waals surface area contributed by atoms with Crippen molar-refractivity contribution in [2.45, 2.75) is 32.2 Å². The van der Waals surface area contributed by atoms with E-state index < -0.39 is 0 Å². The molecule has 2 aliphatic rings. The number of imidazole rings is 1. The number of aryl methyl sites for hydroxylation is 1. The van der Waals surface area contributed by atoms with Gasteiger partial charge in [-0.05, 0) is 44.2 Å². The van der Waals surface area contributed by atoms with Gasteiger partial charge in [-0.1, -0.05) is 6.07 Å². The van der Waals surface area contributed by atoms with Crippen molar-refractivity contribution in [1.82, 2.24) is 14.3 Å². The number of carbonyl (C=O) groups excluding carboxylic acids is 1. The van der Waals surface area contributed by atoms with Crippen molar-refractivity contribution in [3.05, 3.63) is 35.9 Å². The molecule has 0 radical (unpaired) electrons. The highest BCUT2D eigenvalue weighted by atomic mass is 16.2. The number of nitrogens with zero attached hydrogens (tertiary/aromatic N) is 3. The number of piperidine rings is 1. The first kappa shape index (κ1) is 11.0. The van der Waals surface area contributed by atoms with Gasteiger partial charge < -0.3 is 9.30 Å². The summed E-state index contributed by atoms with van der Waals surface area (Å²) >= 11 is 0. The lowest BCUT2D eigenvalue weighted by atomic mass is 10.1. The van der Waals surface area contributed by atoms with E-state index in [2.05, 4.69) is 4.98 Å². The molecule has 4 nitrogen and oxygen atoms in total. The summed E-state index contributed by atoms with van der Waals surface area (Å²) in [6.07, 6.45) is 5.61. The van der Waals surface area contributed by atoms with Crippen LogP contribution in [-0.2, 0) is 0 Å². The molecule has 4 rings (SSSR count). The normalized spacial score (nSPS) is 25.4. The van der Waals surface area contributed by atoms with E-state index >= 15 is 0 Å². The molecule has 98 valence electrons. The van der Waals surface area contributed by atoms with E-state index in [1.165, 1.54) is 19.3 Å². The highest BCUT2D eigenvalue weighted by Gasteiger charge is 2.41. The summed E-state index contributed by atoms with van der Waals surface area (Å²) in [5.41, 5.74) is 1.54. The summed E-state index contributed by atoms with van der Waals surface area (Å²) in [7, 11) is 0. The van der Waals surface area contributed by atoms with Gasteiger partial charge in [-0.25, -0.2) is 4.98 Å². The number of aromatic nitrogens is 2. The van der Waals surface area contributed by atoms with Gasteiger partial charge >= 0.3 is 0 Å². The predicted molar refractivity (Wildman–Crippen MR) is 72.1 cm³/mol. The second-order valence-corrected chi connectivity index (χ2v) is 5.75. The lowest BCUT2D eigenvalue weighted by Crippen LogP contribution is -2.37. The molecule has 4 heteroatoms. The third-order valence-corrected chi connectivity index (χ3v) is 4.60. The van der Waals surface area contributed by atoms with E-state index in [1.807, 2.05) is 40.6 Å². The standard InChI is InChI=1S/C15H17N3O/c1-10-16-14(13-4-2-3-7-17(10)13)15(19)18-9-11-5-6-12(18)8-11/h2-4,7,11-12H,5-6,8-9H2,1H3. The summed E-state index contributed by atoms with van der Waals surface area (Å²) in [5.74, 6) is 1.72. The second-order valence-electron chi connectivity index (χ2n) is 5.75. The van der Waals surface area contributed by atoms with E-state index in [0.29, 0.717) is 11.7 Å². The van der Waals surface area contributed by atoms with Gasteiger partial charge in [0.05, 0.1) is 5.52 Å². The highest BCUT2D eigenvalue weighted by molar-refractivity contribution is 5.99. The summed E-state index contributed by atoms with van der Waals surface area (Å²) in [6.45, 7) is 2.87. The van der Waals surface area contributed by atoms with Gasteiger partial charge in [0.15, 0.2) is 5.69 Å². The van der Waals surface area contributed by atoms with Crippen LogP contribution in [0.25, 0.3) is 5.52 Å². The van der Waals surface area contributed by atoms with Crippen molar-refractivity contribution in [2.24, 2.45) is 5.92 Å². The molecule has 1 aliphatic carbocycles. The molecule has 2 atom stereocenters. The molecule has 1 saturated heterocycles. The minimum atomic E-state index is 0.115. The summed E-state index contributed by atoms with van der Waals surface area (Å²) in [6, 6.07) is 6.36. The quantitative estimate of drug-likeness (QED) is 0.784. The van der Waals surface area contributed by atoms with Gasteiger partial charge in [-0.15, -0.1) is 0 Å². The van der Waals surface area contributed by atoms with Crippen LogP contribution in [-0.4, -0.2) is 32.8 Å². The number of hydrogen-bond acceptors (Lipinski definition) is 2. The van der Waals surface area contributed by atoms with Crippen molar-refractivity contribution in [1.29, 1.82) is 0 Å². The smallest absolute Gasteiger partial charge is 0.274 e. The van der Waals surface area contributed by atoms with Gasteiger partial charge in [-0.3, -0.25) is 4.79 Å². The maximum atomic E-state index is 12.7. The SMILES string of the molecule is Cc1nc(C(=O)N2CC3CCC2C3)c2ccccn12. The molecular formula is C15H17N3O. The van der Waals surface area contributed by atoms with Crippen LogP contribution in [0.5, 0.6) is 0 Å². The molecule has 1 aliphatic heterocycles. The molecule has 0 aromatic carbocycles. The fourth-order valence-electron chi connectivity index (χ4n) is 3.66. The van der Waals surface area contributed by atoms with Crippen molar-refractivity contribution in [2.75, 3.05) is 6.54 Å². The fraction of sp³-hybridized carbons (Fsp3) is 0.467. The van der Waals surface area contributed by atoms with Crippen LogP contribution in [0.1, 0.15) is 35.6 Å². The monoisotopic (exact) mass is 255 g/mol. The van der Waals surface area contributed by atoms with E-state index in [0.717, 1.165) is 23.8 Å². The van der Waals surface area contributed by atoms with E-state index in [4.69, 9.17) is 0 Å². The Hall–Kier alpha value is -1.84. The Kier molecular flexibility index (Phi) is 2.22. The van der Waals surface area contributed by atoms with Crippen LogP contribution in [0, 0.1) is 12.8 Å². The van der Waals surface area contributed by atoms with E-state index in [9.17, 15) is 4.79 Å². The topological polar surface area (TPSA) is 37.6 Å². The maximum absolute atomic E-state index is 12.7. The number of fused-ring (bicyclic) bond motifs is 3. The predicted octanol–water partition coefficient (Wildman–Crippen LogP) is 2.27. The second kappa shape index (κ2) is 3.83. The summed E-state index contributed by atoms with van der Waals surface area (Å²) in [4.78, 5) is 19.2. The maximum Gasteiger partial charge on any atom is 0.274 e. The largest absolute Gasteiger partial charge is 0.334 e. The number of hydrogen-bond donors (Lipinski definition) is 0. The number of amides is 1. The highest BCUT2D eigenvalue weighted by Crippen LogP contribution is 2.38. The Morgan fingerprint density at radius 3 is 3.00 bits per heavy atom. The van der Waals surface area contributed by atoms with Crippen molar-refractivity contribution >= 4 is 11.4 Å². The molecular weight excluding hydrogens is 238 g/mol. The van der Waals surface area contributed by atoms with Gasteiger partial charge in [0.25, 0.3) is 5.91 Å². The van der Waals surface area contributed by atoms with Crippen LogP contribution in [0.15, 0.2) is 24.4 Å². The third kappa shape index (κ3) is 1.52. The van der Waals surface area contributed by atoms with Crippen LogP contribution >= 0.6 is 0 Å². The number of rotatable bonds is 1. The first-order chi connectivity index (χ1) is 9.24. The van der Waals surface area contributed by atoms with Gasteiger partial charge in [0, 0.05) is 18.8 Å². The summed E-state index contributed by atoms with van der Waals surface area (Å²) in [5, 5.41) is 0. The molecule has 0 N–H and O–H groups in total. The Labute approximate surface area is 112 Å². The zero-order chi connectivity index (χ0) is 13.0. The van der Waals surface area contributed by atoms with Gasteiger partial charge in [0.1, 0.15) is 5.82 Å². The molecule has 1 amide bonds. The Balaban J connectivity index is 1.76. The molecule has 2 unspecified atom stereocenters. The van der Waals surface area contributed by atoms with Crippen molar-refractivity contribution in [3.63, 3.8) is 0 Å². The zero-order valence-electron chi connectivity index (χ0n) is 11.0. The molecule has 2 aromatic rings. The molecule has 2 aromatic heterocycles. The molecule has 3 heterocycles. The fourth-order valence-corrected chi connectivity index (χ4v) is 3.66. The Morgan fingerprint density at radius 1 is 1.37 bits per heavy atom. The molecule has 19 heavy (non-hydrogen) atoms. The van der Waals surface area contributed by atoms with Crippen molar-refractivity contribution < 1.29 is 4.79 Å². The number of pyridine rings is 1. The molecule has 1 saturated carbocycles. The van der Waals surface area contributed by atoms with Crippen LogP contribution in [0.2, 0.25) is 0 Å². The third-order valence-electron chi connectivity index (χ3n) is 4.60. The van der Waals surface area contributed by atoms with Gasteiger partial charge in [-0.2, -0.15) is 0 Å². The Bertz CT molecular complexity index is 660. The molecule has 2 bridgehead atoms.